The lowest BCUT2D eigenvalue weighted by Gasteiger charge is -2.16. The average Bonchev–Trinajstić information content (AvgIpc) is 3.17. The molecule has 0 bridgehead atoms. The number of amides is 1. The number of fused-ring (bicyclic) bond motifs is 1. The number of ketones is 1. The molecule has 0 saturated carbocycles. The first-order chi connectivity index (χ1) is 17.3. The molecule has 36 heavy (non-hydrogen) atoms. The number of aromatic nitrogens is 2. The van der Waals surface area contributed by atoms with Crippen molar-refractivity contribution in [3.8, 4) is 5.75 Å². The van der Waals surface area contributed by atoms with Gasteiger partial charge in [0.05, 0.1) is 18.7 Å². The van der Waals surface area contributed by atoms with Gasteiger partial charge in [0.15, 0.2) is 5.78 Å². The van der Waals surface area contributed by atoms with Gasteiger partial charge in [-0.05, 0) is 30.5 Å². The molecule has 3 aromatic carbocycles. The number of Topliss-reactive ketones (excluding diaryl/α,β-unsaturated/α-hetero) is 1. The van der Waals surface area contributed by atoms with Crippen LogP contribution in [0.2, 0.25) is 0 Å². The lowest BCUT2D eigenvalue weighted by molar-refractivity contribution is 0.0825. The minimum Gasteiger partial charge on any atom is -0.505 e. The van der Waals surface area contributed by atoms with Crippen molar-refractivity contribution < 1.29 is 19.4 Å². The number of carbonyl (C=O) groups is 2. The third kappa shape index (κ3) is 5.16. The van der Waals surface area contributed by atoms with Crippen molar-refractivity contribution in [1.29, 1.82) is 0 Å². The number of benzene rings is 3. The number of ether oxygens (including phenoxy) is 1. The highest BCUT2D eigenvalue weighted by molar-refractivity contribution is 6.02. The van der Waals surface area contributed by atoms with Crippen molar-refractivity contribution in [3.63, 3.8) is 0 Å². The molecule has 0 aliphatic heterocycles. The Labute approximate surface area is 211 Å². The molecule has 186 valence electrons. The van der Waals surface area contributed by atoms with Gasteiger partial charge in [-0.1, -0.05) is 54.6 Å². The number of aromatic hydroxyl groups is 1. The summed E-state index contributed by atoms with van der Waals surface area (Å²) in [4.78, 5) is 32.2. The van der Waals surface area contributed by atoms with Crippen molar-refractivity contribution >= 4 is 22.7 Å². The van der Waals surface area contributed by atoms with Gasteiger partial charge in [-0.15, -0.1) is 0 Å². The third-order valence-electron chi connectivity index (χ3n) is 6.40. The van der Waals surface area contributed by atoms with E-state index in [-0.39, 0.29) is 30.3 Å². The van der Waals surface area contributed by atoms with Crippen LogP contribution < -0.4 is 0 Å². The zero-order chi connectivity index (χ0) is 25.8. The second-order valence-corrected chi connectivity index (χ2v) is 9.10. The number of aryl methyl sites for hydroxylation is 2. The fourth-order valence-corrected chi connectivity index (χ4v) is 4.29. The van der Waals surface area contributed by atoms with Crippen LogP contribution in [0.5, 0.6) is 5.75 Å². The Balaban J connectivity index is 1.56. The molecule has 1 heterocycles. The maximum absolute atomic E-state index is 13.3. The summed E-state index contributed by atoms with van der Waals surface area (Å²) < 4.78 is 7.70. The van der Waals surface area contributed by atoms with Crippen LogP contribution in [-0.4, -0.2) is 45.3 Å². The van der Waals surface area contributed by atoms with Gasteiger partial charge in [0, 0.05) is 44.3 Å². The molecular weight excluding hydrogens is 454 g/mol. The van der Waals surface area contributed by atoms with E-state index in [0.717, 1.165) is 17.0 Å². The van der Waals surface area contributed by atoms with Gasteiger partial charge >= 0.3 is 0 Å². The second-order valence-electron chi connectivity index (χ2n) is 9.10. The first-order valence-electron chi connectivity index (χ1n) is 11.9. The van der Waals surface area contributed by atoms with E-state index in [9.17, 15) is 14.7 Å². The first-order valence-corrected chi connectivity index (χ1v) is 11.9. The van der Waals surface area contributed by atoms with E-state index in [2.05, 4.69) is 4.98 Å². The predicted molar refractivity (Wildman–Crippen MR) is 139 cm³/mol. The SMILES string of the molecule is Cc1nc2c(O)c(CCC(=O)c3ccccc3COCc3ccccc3)c(C(=O)N(C)C)cc2n1C. The molecular formula is C29H31N3O4. The van der Waals surface area contributed by atoms with Gasteiger partial charge in [-0.25, -0.2) is 4.98 Å². The van der Waals surface area contributed by atoms with Crippen LogP contribution in [0, 0.1) is 6.92 Å². The highest BCUT2D eigenvalue weighted by Gasteiger charge is 2.23. The second kappa shape index (κ2) is 10.7. The minimum atomic E-state index is -0.233. The maximum Gasteiger partial charge on any atom is 0.253 e. The largest absolute Gasteiger partial charge is 0.505 e. The van der Waals surface area contributed by atoms with Crippen molar-refractivity contribution in [2.75, 3.05) is 14.1 Å². The van der Waals surface area contributed by atoms with Gasteiger partial charge in [0.25, 0.3) is 5.91 Å². The molecule has 0 saturated heterocycles. The van der Waals surface area contributed by atoms with Crippen LogP contribution in [0.4, 0.5) is 0 Å². The number of nitrogens with zero attached hydrogens (tertiary/aromatic N) is 3. The number of phenolic OH excluding ortho intramolecular Hbond substituents is 1. The number of hydrogen-bond donors (Lipinski definition) is 1. The lowest BCUT2D eigenvalue weighted by atomic mass is 9.95. The van der Waals surface area contributed by atoms with Crippen LogP contribution in [0.25, 0.3) is 11.0 Å². The molecule has 0 spiro atoms. The van der Waals surface area contributed by atoms with Crippen LogP contribution in [0.1, 0.15) is 49.7 Å². The van der Waals surface area contributed by atoms with Gasteiger partial charge in [-0.3, -0.25) is 9.59 Å². The van der Waals surface area contributed by atoms with Crippen LogP contribution in [-0.2, 0) is 31.4 Å². The average molecular weight is 486 g/mol. The summed E-state index contributed by atoms with van der Waals surface area (Å²) in [6, 6.07) is 19.0. The highest BCUT2D eigenvalue weighted by Crippen LogP contribution is 2.33. The first kappa shape index (κ1) is 25.1. The summed E-state index contributed by atoms with van der Waals surface area (Å²) in [6.45, 7) is 2.61. The molecule has 0 fully saturated rings. The van der Waals surface area contributed by atoms with E-state index in [4.69, 9.17) is 4.74 Å². The minimum absolute atomic E-state index is 0.0475. The lowest BCUT2D eigenvalue weighted by Crippen LogP contribution is -2.23. The van der Waals surface area contributed by atoms with Gasteiger partial charge < -0.3 is 19.3 Å². The summed E-state index contributed by atoms with van der Waals surface area (Å²) in [5.41, 5.74) is 4.37. The summed E-state index contributed by atoms with van der Waals surface area (Å²) in [6.07, 6.45) is 0.346. The molecule has 1 aromatic heterocycles. The van der Waals surface area contributed by atoms with E-state index in [1.165, 1.54) is 4.90 Å². The highest BCUT2D eigenvalue weighted by atomic mass is 16.5. The Bertz CT molecular complexity index is 1410. The predicted octanol–water partition coefficient (Wildman–Crippen LogP) is 4.82. The van der Waals surface area contributed by atoms with Crippen molar-refractivity contribution in [1.82, 2.24) is 14.5 Å². The normalized spacial score (nSPS) is 11.1. The number of hydrogen-bond acceptors (Lipinski definition) is 5. The molecule has 0 atom stereocenters. The van der Waals surface area contributed by atoms with Gasteiger partial charge in [0.2, 0.25) is 0 Å². The molecule has 0 aliphatic carbocycles. The third-order valence-corrected chi connectivity index (χ3v) is 6.40. The van der Waals surface area contributed by atoms with Crippen LogP contribution in [0.3, 0.4) is 0 Å². The van der Waals surface area contributed by atoms with Gasteiger partial charge in [-0.2, -0.15) is 0 Å². The van der Waals surface area contributed by atoms with Crippen LogP contribution in [0.15, 0.2) is 60.7 Å². The van der Waals surface area contributed by atoms with E-state index >= 15 is 0 Å². The van der Waals surface area contributed by atoms with Crippen LogP contribution >= 0.6 is 0 Å². The van der Waals surface area contributed by atoms with E-state index < -0.39 is 0 Å². The fraction of sp³-hybridized carbons (Fsp3) is 0.276. The Morgan fingerprint density at radius 2 is 1.69 bits per heavy atom. The molecule has 0 aliphatic rings. The van der Waals surface area contributed by atoms with Gasteiger partial charge in [0.1, 0.15) is 17.1 Å². The van der Waals surface area contributed by atoms with Crippen molar-refractivity contribution in [2.24, 2.45) is 7.05 Å². The standard InChI is InChI=1S/C29H31N3O4/c1-19-30-27-25(32(19)4)16-24(29(35)31(2)3)23(28(27)34)14-15-26(33)22-13-9-8-12-21(22)18-36-17-20-10-6-5-7-11-20/h5-13,16,34H,14-15,17-18H2,1-4H3. The Morgan fingerprint density at radius 1 is 1.00 bits per heavy atom. The smallest absolute Gasteiger partial charge is 0.253 e. The fourth-order valence-electron chi connectivity index (χ4n) is 4.29. The Hall–Kier alpha value is -3.97. The molecule has 4 aromatic rings. The summed E-state index contributed by atoms with van der Waals surface area (Å²) in [7, 11) is 5.17. The summed E-state index contributed by atoms with van der Waals surface area (Å²) in [5.74, 6) is 0.368. The maximum atomic E-state index is 13.3. The monoisotopic (exact) mass is 485 g/mol. The van der Waals surface area contributed by atoms with E-state index in [1.54, 1.807) is 26.2 Å². The molecule has 7 nitrogen and oxygen atoms in total. The molecule has 1 N–H and O–H groups in total. The number of carbonyl (C=O) groups excluding carboxylic acids is 2. The number of imidazole rings is 1. The Kier molecular flexibility index (Phi) is 7.50. The topological polar surface area (TPSA) is 84.7 Å². The molecule has 0 unspecified atom stereocenters. The quantitative estimate of drug-likeness (QED) is 0.344. The molecule has 7 heteroatoms. The Morgan fingerprint density at radius 3 is 2.42 bits per heavy atom. The van der Waals surface area contributed by atoms with E-state index in [1.807, 2.05) is 67.1 Å². The molecule has 4 rings (SSSR count). The summed E-state index contributed by atoms with van der Waals surface area (Å²) in [5, 5.41) is 11.1. The zero-order valence-corrected chi connectivity index (χ0v) is 21.1. The van der Waals surface area contributed by atoms with E-state index in [0.29, 0.717) is 40.9 Å². The molecule has 0 radical (unpaired) electrons. The van der Waals surface area contributed by atoms with Crippen molar-refractivity contribution in [3.05, 3.63) is 94.3 Å². The van der Waals surface area contributed by atoms with Crippen molar-refractivity contribution in [2.45, 2.75) is 33.0 Å². The number of phenols is 1. The zero-order valence-electron chi connectivity index (χ0n) is 21.1. The number of rotatable bonds is 9. The summed E-state index contributed by atoms with van der Waals surface area (Å²) >= 11 is 0. The molecule has 1 amide bonds.